The Balaban J connectivity index is 1.15. The van der Waals surface area contributed by atoms with Gasteiger partial charge < -0.3 is 19.9 Å². The molecular formula is C31H46FN7O2. The van der Waals surface area contributed by atoms with Crippen molar-refractivity contribution in [1.82, 2.24) is 35.5 Å². The van der Waals surface area contributed by atoms with Gasteiger partial charge in [-0.05, 0) is 94.8 Å². The van der Waals surface area contributed by atoms with E-state index in [1.165, 1.54) is 0 Å². The molecule has 1 saturated carbocycles. The average Bonchev–Trinajstić information content (AvgIpc) is 3.54. The molecule has 9 nitrogen and oxygen atoms in total. The van der Waals surface area contributed by atoms with E-state index < -0.39 is 5.82 Å². The zero-order chi connectivity index (χ0) is 29.1. The SMILES string of the molecule is CCCN1Cc2[nH]c(C3NNC4CC(c5cc(F)c(O)cc5CC)CCC43)nc2C[C@H]1C(=O)N1CC(C)(N(C)C)C1. The second-order valence-electron chi connectivity index (χ2n) is 13.2. The average molecular weight is 568 g/mol. The van der Waals surface area contributed by atoms with Gasteiger partial charge in [0.15, 0.2) is 11.6 Å². The van der Waals surface area contributed by atoms with Crippen molar-refractivity contribution in [2.45, 2.75) is 95.4 Å². The lowest BCUT2D eigenvalue weighted by Gasteiger charge is -2.53. The number of amides is 1. The topological polar surface area (TPSA) is 99.8 Å². The third-order valence-electron chi connectivity index (χ3n) is 10.4. The van der Waals surface area contributed by atoms with Crippen molar-refractivity contribution in [3.05, 3.63) is 46.3 Å². The number of H-pyrrole nitrogens is 1. The lowest BCUT2D eigenvalue weighted by Crippen LogP contribution is -2.70. The summed E-state index contributed by atoms with van der Waals surface area (Å²) in [5.74, 6) is 1.01. The number of imidazole rings is 1. The van der Waals surface area contributed by atoms with Crippen molar-refractivity contribution in [2.24, 2.45) is 5.92 Å². The number of fused-ring (bicyclic) bond motifs is 2. The lowest BCUT2D eigenvalue weighted by molar-refractivity contribution is -0.150. The molecule has 3 fully saturated rings. The van der Waals surface area contributed by atoms with Crippen molar-refractivity contribution in [3.8, 4) is 5.75 Å². The van der Waals surface area contributed by atoms with E-state index in [2.05, 4.69) is 60.5 Å². The number of rotatable bonds is 7. The predicted molar refractivity (Wildman–Crippen MR) is 156 cm³/mol. The summed E-state index contributed by atoms with van der Waals surface area (Å²) in [7, 11) is 4.17. The monoisotopic (exact) mass is 567 g/mol. The number of aryl methyl sites for hydroxylation is 1. The molecule has 2 aromatic rings. The first-order chi connectivity index (χ1) is 19.6. The number of nitrogens with one attached hydrogen (secondary N) is 3. The van der Waals surface area contributed by atoms with Crippen molar-refractivity contribution in [2.75, 3.05) is 33.7 Å². The van der Waals surface area contributed by atoms with Gasteiger partial charge in [0.2, 0.25) is 5.91 Å². The Bertz CT molecular complexity index is 1290. The van der Waals surface area contributed by atoms with Gasteiger partial charge in [-0.2, -0.15) is 0 Å². The molecule has 6 rings (SSSR count). The highest BCUT2D eigenvalue weighted by atomic mass is 19.1. The van der Waals surface area contributed by atoms with Crippen LogP contribution in [0.3, 0.4) is 0 Å². The van der Waals surface area contributed by atoms with Crippen LogP contribution >= 0.6 is 0 Å². The fraction of sp³-hybridized carbons (Fsp3) is 0.677. The molecular weight excluding hydrogens is 521 g/mol. The minimum atomic E-state index is -0.536. The number of phenols is 1. The van der Waals surface area contributed by atoms with Crippen LogP contribution in [0.5, 0.6) is 5.75 Å². The molecule has 0 spiro atoms. The fourth-order valence-electron chi connectivity index (χ4n) is 7.65. The molecule has 1 amide bonds. The minimum absolute atomic E-state index is 0.0514. The molecule has 3 aliphatic heterocycles. The Hall–Kier alpha value is -2.53. The molecule has 10 heteroatoms. The second-order valence-corrected chi connectivity index (χ2v) is 13.2. The molecule has 1 aromatic heterocycles. The molecule has 2 saturated heterocycles. The number of nitrogens with zero attached hydrogens (tertiary/aromatic N) is 4. The number of benzene rings is 1. The van der Waals surface area contributed by atoms with Crippen molar-refractivity contribution >= 4 is 5.91 Å². The summed E-state index contributed by atoms with van der Waals surface area (Å²) in [6.45, 7) is 9.58. The van der Waals surface area contributed by atoms with Gasteiger partial charge in [-0.25, -0.2) is 14.8 Å². The van der Waals surface area contributed by atoms with E-state index in [1.807, 2.05) is 4.90 Å². The number of hydrogen-bond acceptors (Lipinski definition) is 7. The van der Waals surface area contributed by atoms with E-state index in [4.69, 9.17) is 4.98 Å². The maximum Gasteiger partial charge on any atom is 0.240 e. The smallest absolute Gasteiger partial charge is 0.240 e. The van der Waals surface area contributed by atoms with Crippen LogP contribution in [0, 0.1) is 11.7 Å². The number of hydrogen-bond donors (Lipinski definition) is 4. The zero-order valence-corrected chi connectivity index (χ0v) is 25.1. The normalized spacial score (nSPS) is 29.3. The maximum absolute atomic E-state index is 14.3. The minimum Gasteiger partial charge on any atom is -0.505 e. The third-order valence-corrected chi connectivity index (χ3v) is 10.4. The highest BCUT2D eigenvalue weighted by Crippen LogP contribution is 2.45. The van der Waals surface area contributed by atoms with E-state index in [-0.39, 0.29) is 41.2 Å². The van der Waals surface area contributed by atoms with Crippen LogP contribution in [0.15, 0.2) is 12.1 Å². The Kier molecular flexibility index (Phi) is 7.63. The van der Waals surface area contributed by atoms with E-state index >= 15 is 0 Å². The lowest BCUT2D eigenvalue weighted by atomic mass is 9.73. The van der Waals surface area contributed by atoms with Gasteiger partial charge in [-0.3, -0.25) is 15.1 Å². The second kappa shape index (κ2) is 10.9. The number of aromatic nitrogens is 2. The first-order valence-corrected chi connectivity index (χ1v) is 15.4. The highest BCUT2D eigenvalue weighted by Gasteiger charge is 2.47. The summed E-state index contributed by atoms with van der Waals surface area (Å²) in [6, 6.07) is 3.29. The van der Waals surface area contributed by atoms with E-state index in [9.17, 15) is 14.3 Å². The van der Waals surface area contributed by atoms with Crippen LogP contribution in [0.1, 0.15) is 86.8 Å². The van der Waals surface area contributed by atoms with E-state index in [1.54, 1.807) is 12.1 Å². The van der Waals surface area contributed by atoms with Gasteiger partial charge >= 0.3 is 0 Å². The van der Waals surface area contributed by atoms with Gasteiger partial charge in [0.05, 0.1) is 29.0 Å². The number of aromatic hydroxyl groups is 1. The third kappa shape index (κ3) is 5.07. The highest BCUT2D eigenvalue weighted by molar-refractivity contribution is 5.83. The molecule has 224 valence electrons. The van der Waals surface area contributed by atoms with Crippen molar-refractivity contribution in [3.63, 3.8) is 0 Å². The van der Waals surface area contributed by atoms with Crippen molar-refractivity contribution in [1.29, 1.82) is 0 Å². The number of carbonyl (C=O) groups is 1. The molecule has 4 N–H and O–H groups in total. The Morgan fingerprint density at radius 2 is 2.00 bits per heavy atom. The number of phenolic OH excluding ortho intramolecular Hbond substituents is 1. The number of carbonyl (C=O) groups excluding carboxylic acids is 1. The molecule has 4 heterocycles. The number of likely N-dealkylation sites (tertiary alicyclic amines) is 1. The van der Waals surface area contributed by atoms with E-state index in [0.29, 0.717) is 18.9 Å². The Morgan fingerprint density at radius 1 is 1.22 bits per heavy atom. The number of aromatic amines is 1. The molecule has 5 atom stereocenters. The molecule has 4 unspecified atom stereocenters. The predicted octanol–water partition coefficient (Wildman–Crippen LogP) is 3.22. The molecule has 1 aliphatic carbocycles. The van der Waals surface area contributed by atoms with Crippen LogP contribution in [-0.2, 0) is 24.2 Å². The number of hydrazine groups is 1. The summed E-state index contributed by atoms with van der Waals surface area (Å²) in [6.07, 6.45) is 5.29. The summed E-state index contributed by atoms with van der Waals surface area (Å²) >= 11 is 0. The van der Waals surface area contributed by atoms with Gasteiger partial charge in [-0.1, -0.05) is 13.8 Å². The number of halogens is 1. The van der Waals surface area contributed by atoms with Crippen LogP contribution in [0.4, 0.5) is 4.39 Å². The number of likely N-dealkylation sites (N-methyl/N-ethyl adjacent to an activating group) is 1. The first kappa shape index (κ1) is 28.6. The van der Waals surface area contributed by atoms with Crippen molar-refractivity contribution < 1.29 is 14.3 Å². The Labute approximate surface area is 242 Å². The molecule has 0 radical (unpaired) electrons. The summed E-state index contributed by atoms with van der Waals surface area (Å²) in [5, 5.41) is 9.88. The summed E-state index contributed by atoms with van der Waals surface area (Å²) in [4.78, 5) is 28.9. The van der Waals surface area contributed by atoms with E-state index in [0.717, 1.165) is 80.1 Å². The van der Waals surface area contributed by atoms with Gasteiger partial charge in [0.25, 0.3) is 0 Å². The first-order valence-electron chi connectivity index (χ1n) is 15.4. The Morgan fingerprint density at radius 3 is 2.71 bits per heavy atom. The summed E-state index contributed by atoms with van der Waals surface area (Å²) in [5.41, 5.74) is 11.3. The maximum atomic E-state index is 14.3. The van der Waals surface area contributed by atoms with Crippen LogP contribution < -0.4 is 10.9 Å². The fourth-order valence-corrected chi connectivity index (χ4v) is 7.65. The quantitative estimate of drug-likeness (QED) is 0.408. The van der Waals surface area contributed by atoms with Gasteiger partial charge in [0, 0.05) is 32.1 Å². The zero-order valence-electron chi connectivity index (χ0n) is 25.1. The van der Waals surface area contributed by atoms with Gasteiger partial charge in [-0.15, -0.1) is 0 Å². The molecule has 1 aromatic carbocycles. The summed E-state index contributed by atoms with van der Waals surface area (Å²) < 4.78 is 14.3. The van der Waals surface area contributed by atoms with Gasteiger partial charge in [0.1, 0.15) is 5.82 Å². The standard InChI is InChI=1S/C31H46FN7O2/c1-6-10-38-15-25-24(14-26(38)30(41)39-16-31(3,17-39)37(4)5)33-29(34-25)28-20-9-8-19(11-23(20)35-36-28)21-13-22(32)27(40)12-18(21)7-2/h12-13,19-20,23,26,28,35-36,40H,6-11,14-17H2,1-5H3,(H,33,34)/t19?,20?,23?,26-,28?/m0/s1. The van der Waals surface area contributed by atoms with Crippen LogP contribution in [0.2, 0.25) is 0 Å². The van der Waals surface area contributed by atoms with Crippen LogP contribution in [0.25, 0.3) is 0 Å². The molecule has 4 aliphatic rings. The molecule has 41 heavy (non-hydrogen) atoms. The molecule has 0 bridgehead atoms. The van der Waals surface area contributed by atoms with Crippen LogP contribution in [-0.4, -0.2) is 87.0 Å². The largest absolute Gasteiger partial charge is 0.505 e.